The van der Waals surface area contributed by atoms with E-state index in [0.717, 1.165) is 50.7 Å². The molecular weight excluding hydrogens is 362 g/mol. The van der Waals surface area contributed by atoms with E-state index in [4.69, 9.17) is 9.47 Å². The van der Waals surface area contributed by atoms with E-state index in [1.807, 2.05) is 53.7 Å². The second-order valence-electron chi connectivity index (χ2n) is 7.12. The summed E-state index contributed by atoms with van der Waals surface area (Å²) in [5, 5.41) is 0. The summed E-state index contributed by atoms with van der Waals surface area (Å²) in [5.74, 6) is 2.48. The van der Waals surface area contributed by atoms with Gasteiger partial charge in [0.25, 0.3) is 0 Å². The van der Waals surface area contributed by atoms with E-state index in [1.54, 1.807) is 20.4 Å². The molecule has 1 unspecified atom stereocenters. The molecule has 1 aliphatic rings. The van der Waals surface area contributed by atoms with Crippen LogP contribution in [0.3, 0.4) is 0 Å². The first-order chi connectivity index (χ1) is 13.9. The summed E-state index contributed by atoms with van der Waals surface area (Å²) in [6, 6.07) is 4.02. The summed E-state index contributed by atoms with van der Waals surface area (Å²) >= 11 is 0. The second kappa shape index (κ2) is 17.5. The van der Waals surface area contributed by atoms with Crippen LogP contribution in [0.2, 0.25) is 0 Å². The molecule has 2 heterocycles. The zero-order valence-electron chi connectivity index (χ0n) is 21.2. The summed E-state index contributed by atoms with van der Waals surface area (Å²) < 4.78 is 10.7. The fraction of sp³-hybridized carbons (Fsp3) is 0.792. The van der Waals surface area contributed by atoms with Crippen LogP contribution in [0.25, 0.3) is 0 Å². The highest BCUT2D eigenvalue weighted by molar-refractivity contribution is 5.41. The lowest BCUT2D eigenvalue weighted by atomic mass is 9.94. The van der Waals surface area contributed by atoms with Gasteiger partial charge in [-0.25, -0.2) is 4.98 Å². The molecule has 1 aliphatic heterocycles. The number of pyridine rings is 1. The molecule has 0 amide bonds. The molecule has 0 spiro atoms. The van der Waals surface area contributed by atoms with Crippen molar-refractivity contribution in [3.8, 4) is 5.75 Å². The van der Waals surface area contributed by atoms with Crippen LogP contribution in [-0.4, -0.2) is 62.4 Å². The highest BCUT2D eigenvalue weighted by Crippen LogP contribution is 2.22. The molecule has 1 aromatic heterocycles. The van der Waals surface area contributed by atoms with Gasteiger partial charge in [-0.05, 0) is 38.3 Å². The van der Waals surface area contributed by atoms with Gasteiger partial charge < -0.3 is 14.4 Å². The number of ether oxygens (including phenoxy) is 2. The summed E-state index contributed by atoms with van der Waals surface area (Å²) in [5.41, 5.74) is -0.0335. The zero-order chi connectivity index (χ0) is 22.9. The molecule has 5 heteroatoms. The smallest absolute Gasteiger partial charge is 0.137 e. The number of rotatable bonds is 7. The molecule has 0 saturated carbocycles. The van der Waals surface area contributed by atoms with Crippen LogP contribution in [0.15, 0.2) is 18.3 Å². The van der Waals surface area contributed by atoms with Crippen molar-refractivity contribution in [2.75, 3.05) is 51.8 Å². The van der Waals surface area contributed by atoms with Crippen molar-refractivity contribution >= 4 is 5.82 Å². The summed E-state index contributed by atoms with van der Waals surface area (Å²) in [7, 11) is 3.47. The molecular formula is C24H49N3O2. The Morgan fingerprint density at radius 3 is 1.93 bits per heavy atom. The average Bonchev–Trinajstić information content (AvgIpc) is 2.78. The number of hydrogen-bond donors (Lipinski definition) is 0. The third-order valence-electron chi connectivity index (χ3n) is 4.62. The first-order valence-corrected chi connectivity index (χ1v) is 11.5. The van der Waals surface area contributed by atoms with Crippen molar-refractivity contribution in [2.24, 2.45) is 5.92 Å². The molecule has 0 aromatic carbocycles. The summed E-state index contributed by atoms with van der Waals surface area (Å²) in [6.45, 7) is 24.0. The third-order valence-corrected chi connectivity index (χ3v) is 4.62. The van der Waals surface area contributed by atoms with E-state index in [9.17, 15) is 0 Å². The van der Waals surface area contributed by atoms with Crippen LogP contribution in [0.1, 0.15) is 68.7 Å². The maximum absolute atomic E-state index is 5.55. The minimum atomic E-state index is -0.0335. The lowest BCUT2D eigenvalue weighted by Gasteiger charge is -2.37. The van der Waals surface area contributed by atoms with Crippen LogP contribution >= 0.6 is 0 Å². The van der Waals surface area contributed by atoms with Gasteiger partial charge in [0, 0.05) is 39.8 Å². The first-order valence-electron chi connectivity index (χ1n) is 11.5. The van der Waals surface area contributed by atoms with Gasteiger partial charge in [-0.2, -0.15) is 0 Å². The molecule has 1 aromatic rings. The summed E-state index contributed by atoms with van der Waals surface area (Å²) in [4.78, 5) is 9.38. The molecule has 29 heavy (non-hydrogen) atoms. The van der Waals surface area contributed by atoms with Crippen LogP contribution in [0.4, 0.5) is 5.82 Å². The molecule has 0 aliphatic carbocycles. The second-order valence-corrected chi connectivity index (χ2v) is 7.12. The molecule has 1 fully saturated rings. The average molecular weight is 412 g/mol. The lowest BCUT2D eigenvalue weighted by Crippen LogP contribution is -2.48. The van der Waals surface area contributed by atoms with Crippen molar-refractivity contribution < 1.29 is 9.47 Å². The standard InChI is InChI=1S/C18H31N3O2.3C2H6/c1-15(12-18(2,3)23-5)14-20-8-10-21(11-9-20)17-7-6-16(22-4)13-19-17;3*1-2/h6-7,13,15H,8-12,14H2,1-5H3;3*1-2H3. The van der Waals surface area contributed by atoms with Crippen molar-refractivity contribution in [3.63, 3.8) is 0 Å². The number of anilines is 1. The van der Waals surface area contributed by atoms with Gasteiger partial charge in [0.15, 0.2) is 0 Å². The molecule has 1 saturated heterocycles. The Labute approximate surface area is 181 Å². The topological polar surface area (TPSA) is 37.8 Å². The van der Waals surface area contributed by atoms with Gasteiger partial charge in [0.2, 0.25) is 0 Å². The molecule has 172 valence electrons. The number of nitrogens with zero attached hydrogens (tertiary/aromatic N) is 3. The van der Waals surface area contributed by atoms with Crippen LogP contribution in [0.5, 0.6) is 5.75 Å². The highest BCUT2D eigenvalue weighted by Gasteiger charge is 2.24. The summed E-state index contributed by atoms with van der Waals surface area (Å²) in [6.07, 6.45) is 2.88. The van der Waals surface area contributed by atoms with Crippen molar-refractivity contribution in [1.82, 2.24) is 9.88 Å². The Morgan fingerprint density at radius 2 is 1.52 bits per heavy atom. The highest BCUT2D eigenvalue weighted by atomic mass is 16.5. The van der Waals surface area contributed by atoms with Gasteiger partial charge in [-0.3, -0.25) is 4.90 Å². The largest absolute Gasteiger partial charge is 0.495 e. The molecule has 0 bridgehead atoms. The van der Waals surface area contributed by atoms with Gasteiger partial charge in [-0.1, -0.05) is 48.5 Å². The van der Waals surface area contributed by atoms with Crippen LogP contribution in [-0.2, 0) is 4.74 Å². The molecule has 2 rings (SSSR count). The van der Waals surface area contributed by atoms with Crippen molar-refractivity contribution in [3.05, 3.63) is 18.3 Å². The van der Waals surface area contributed by atoms with Crippen molar-refractivity contribution in [2.45, 2.75) is 74.3 Å². The Morgan fingerprint density at radius 1 is 0.966 bits per heavy atom. The molecule has 1 atom stereocenters. The van der Waals surface area contributed by atoms with Crippen molar-refractivity contribution in [1.29, 1.82) is 0 Å². The molecule has 0 N–H and O–H groups in total. The third kappa shape index (κ3) is 12.1. The van der Waals surface area contributed by atoms with Gasteiger partial charge in [0.05, 0.1) is 18.9 Å². The zero-order valence-corrected chi connectivity index (χ0v) is 21.2. The van der Waals surface area contributed by atoms with Crippen LogP contribution < -0.4 is 9.64 Å². The van der Waals surface area contributed by atoms with E-state index in [-0.39, 0.29) is 5.60 Å². The Kier molecular flexibility index (Phi) is 18.0. The van der Waals surface area contributed by atoms with Crippen LogP contribution in [0, 0.1) is 5.92 Å². The monoisotopic (exact) mass is 411 g/mol. The minimum absolute atomic E-state index is 0.0335. The quantitative estimate of drug-likeness (QED) is 0.572. The normalized spacial score (nSPS) is 14.9. The number of aromatic nitrogens is 1. The van der Waals surface area contributed by atoms with E-state index < -0.39 is 0 Å². The molecule has 0 radical (unpaired) electrons. The maximum atomic E-state index is 5.55. The number of piperazine rings is 1. The SMILES string of the molecule is CC.CC.CC.COc1ccc(N2CCN(CC(C)CC(C)(C)OC)CC2)nc1. The Bertz CT molecular complexity index is 470. The lowest BCUT2D eigenvalue weighted by molar-refractivity contribution is -0.000204. The van der Waals surface area contributed by atoms with Gasteiger partial charge >= 0.3 is 0 Å². The minimum Gasteiger partial charge on any atom is -0.495 e. The Balaban J connectivity index is 0. The van der Waals surface area contributed by atoms with E-state index in [0.29, 0.717) is 5.92 Å². The fourth-order valence-electron chi connectivity index (χ4n) is 3.27. The van der Waals surface area contributed by atoms with E-state index >= 15 is 0 Å². The first kappa shape index (κ1) is 29.9. The maximum Gasteiger partial charge on any atom is 0.137 e. The predicted molar refractivity (Wildman–Crippen MR) is 128 cm³/mol. The Hall–Kier alpha value is -1.33. The fourth-order valence-corrected chi connectivity index (χ4v) is 3.27. The molecule has 5 nitrogen and oxygen atoms in total. The predicted octanol–water partition coefficient (Wildman–Crippen LogP) is 5.74. The van der Waals surface area contributed by atoms with E-state index in [1.165, 1.54) is 0 Å². The van der Waals surface area contributed by atoms with Gasteiger partial charge in [-0.15, -0.1) is 0 Å². The number of methoxy groups -OCH3 is 2. The number of hydrogen-bond acceptors (Lipinski definition) is 5. The van der Waals surface area contributed by atoms with Gasteiger partial charge in [0.1, 0.15) is 11.6 Å². The van der Waals surface area contributed by atoms with E-state index in [2.05, 4.69) is 35.6 Å².